The van der Waals surface area contributed by atoms with Crippen LogP contribution < -0.4 is 4.90 Å². The van der Waals surface area contributed by atoms with Crippen LogP contribution in [0, 0.1) is 0 Å². The molecule has 2 aromatic heterocycles. The molecule has 0 saturated heterocycles. The van der Waals surface area contributed by atoms with Gasteiger partial charge >= 0.3 is 0 Å². The van der Waals surface area contributed by atoms with Gasteiger partial charge in [0.05, 0.1) is 21.5 Å². The zero-order chi connectivity index (χ0) is 34.3. The van der Waals surface area contributed by atoms with E-state index in [1.54, 1.807) is 11.3 Å². The Morgan fingerprint density at radius 3 is 2.04 bits per heavy atom. The second-order valence-corrected chi connectivity index (χ2v) is 15.6. The first-order chi connectivity index (χ1) is 23.5. The monoisotopic (exact) mass is 659 g/mol. The molecule has 0 aliphatic heterocycles. The second kappa shape index (κ2) is 12.6. The molecule has 0 unspecified atom stereocenters. The minimum atomic E-state index is -0.221. The van der Waals surface area contributed by atoms with E-state index in [1.807, 2.05) is 30.5 Å². The summed E-state index contributed by atoms with van der Waals surface area (Å²) in [5, 5.41) is 12.5. The summed E-state index contributed by atoms with van der Waals surface area (Å²) in [5.74, 6) is 1.15. The number of phenolic OH excluding ortho intramolecular Hbond substituents is 1. The summed E-state index contributed by atoms with van der Waals surface area (Å²) in [7, 11) is 0. The van der Waals surface area contributed by atoms with Gasteiger partial charge in [0.25, 0.3) is 0 Å². The number of aromatic nitrogens is 2. The van der Waals surface area contributed by atoms with Crippen LogP contribution >= 0.6 is 11.3 Å². The van der Waals surface area contributed by atoms with Crippen LogP contribution in [0.4, 0.5) is 17.2 Å². The Kier molecular flexibility index (Phi) is 8.33. The van der Waals surface area contributed by atoms with Crippen LogP contribution in [0.3, 0.4) is 0 Å². The van der Waals surface area contributed by atoms with Gasteiger partial charge in [0.1, 0.15) is 16.6 Å². The van der Waals surface area contributed by atoms with E-state index in [1.165, 1.54) is 5.56 Å². The molecule has 0 bridgehead atoms. The molecule has 4 nitrogen and oxygen atoms in total. The van der Waals surface area contributed by atoms with Gasteiger partial charge in [-0.3, -0.25) is 4.90 Å². The molecular weight excluding hydrogens is 619 g/mol. The lowest BCUT2D eigenvalue weighted by atomic mass is 9.79. The van der Waals surface area contributed by atoms with Crippen LogP contribution in [-0.4, -0.2) is 15.1 Å². The maximum atomic E-state index is 11.7. The molecule has 2 heterocycles. The first-order valence-electron chi connectivity index (χ1n) is 16.7. The summed E-state index contributed by atoms with van der Waals surface area (Å²) in [5.41, 5.74) is 9.94. The number of para-hydroxylation sites is 2. The van der Waals surface area contributed by atoms with Crippen molar-refractivity contribution in [3.63, 3.8) is 0 Å². The Bertz CT molecular complexity index is 2260. The van der Waals surface area contributed by atoms with Crippen molar-refractivity contribution in [3.05, 3.63) is 145 Å². The highest BCUT2D eigenvalue weighted by molar-refractivity contribution is 7.21. The molecular formula is C44H41N3OS. The summed E-state index contributed by atoms with van der Waals surface area (Å²) >= 11 is 1.62. The van der Waals surface area contributed by atoms with Crippen molar-refractivity contribution in [2.45, 2.75) is 52.4 Å². The number of phenols is 1. The SMILES string of the molecule is CC(C)(C)c1cc(-c2nc3c(-c4cccc(N(c5ccccn5)c5ccccc5-c5ccccc5)c4)cccc3s2)c(O)c(C(C)(C)C)c1. The van der Waals surface area contributed by atoms with Gasteiger partial charge in [-0.2, -0.15) is 0 Å². The third kappa shape index (κ3) is 6.34. The number of pyridine rings is 1. The lowest BCUT2D eigenvalue weighted by molar-refractivity contribution is 0.446. The van der Waals surface area contributed by atoms with Gasteiger partial charge in [-0.05, 0) is 70.0 Å². The van der Waals surface area contributed by atoms with E-state index in [0.29, 0.717) is 5.75 Å². The van der Waals surface area contributed by atoms with E-state index in [-0.39, 0.29) is 10.8 Å². The average Bonchev–Trinajstić information content (AvgIpc) is 3.53. The van der Waals surface area contributed by atoms with Crippen LogP contribution in [-0.2, 0) is 10.8 Å². The van der Waals surface area contributed by atoms with Crippen LogP contribution in [0.25, 0.3) is 43.0 Å². The molecule has 1 N–H and O–H groups in total. The van der Waals surface area contributed by atoms with Gasteiger partial charge in [0.2, 0.25) is 0 Å². The minimum absolute atomic E-state index is 0.0800. The smallest absolute Gasteiger partial charge is 0.137 e. The largest absolute Gasteiger partial charge is 0.507 e. The number of benzene rings is 5. The first-order valence-corrected chi connectivity index (χ1v) is 17.5. The highest BCUT2D eigenvalue weighted by Gasteiger charge is 2.27. The van der Waals surface area contributed by atoms with E-state index >= 15 is 0 Å². The molecule has 0 radical (unpaired) electrons. The molecule has 0 fully saturated rings. The first kappa shape index (κ1) is 32.3. The van der Waals surface area contributed by atoms with Gasteiger partial charge in [-0.25, -0.2) is 9.97 Å². The average molecular weight is 660 g/mol. The molecule has 0 saturated carbocycles. The molecule has 0 spiro atoms. The highest BCUT2D eigenvalue weighted by atomic mass is 32.1. The topological polar surface area (TPSA) is 49.2 Å². The molecule has 49 heavy (non-hydrogen) atoms. The predicted molar refractivity (Wildman–Crippen MR) is 207 cm³/mol. The quantitative estimate of drug-likeness (QED) is 0.193. The Morgan fingerprint density at radius 1 is 0.612 bits per heavy atom. The number of hydrogen-bond acceptors (Lipinski definition) is 5. The zero-order valence-corrected chi connectivity index (χ0v) is 29.7. The molecule has 0 atom stereocenters. The second-order valence-electron chi connectivity index (χ2n) is 14.5. The summed E-state index contributed by atoms with van der Waals surface area (Å²) in [6.45, 7) is 13.1. The number of thiazole rings is 1. The third-order valence-corrected chi connectivity index (χ3v) is 10.0. The number of rotatable bonds is 6. The number of nitrogens with zero attached hydrogens (tertiary/aromatic N) is 3. The lowest BCUT2D eigenvalue weighted by Crippen LogP contribution is -2.17. The number of aromatic hydroxyl groups is 1. The Hall–Kier alpha value is -5.26. The molecule has 5 heteroatoms. The minimum Gasteiger partial charge on any atom is -0.507 e. The zero-order valence-electron chi connectivity index (χ0n) is 28.9. The van der Waals surface area contributed by atoms with Crippen molar-refractivity contribution in [2.24, 2.45) is 0 Å². The van der Waals surface area contributed by atoms with Crippen molar-refractivity contribution in [3.8, 4) is 38.6 Å². The van der Waals surface area contributed by atoms with E-state index in [2.05, 4.69) is 150 Å². The fourth-order valence-electron chi connectivity index (χ4n) is 6.32. The maximum absolute atomic E-state index is 11.7. The normalized spacial score (nSPS) is 12.0. The Morgan fingerprint density at radius 2 is 1.31 bits per heavy atom. The number of hydrogen-bond donors (Lipinski definition) is 1. The van der Waals surface area contributed by atoms with Gasteiger partial charge in [-0.1, -0.05) is 126 Å². The lowest BCUT2D eigenvalue weighted by Gasteiger charge is -2.27. The number of fused-ring (bicyclic) bond motifs is 1. The van der Waals surface area contributed by atoms with Crippen molar-refractivity contribution in [1.82, 2.24) is 9.97 Å². The van der Waals surface area contributed by atoms with Gasteiger partial charge in [0.15, 0.2) is 0 Å². The van der Waals surface area contributed by atoms with E-state index in [0.717, 1.165) is 65.8 Å². The molecule has 0 aliphatic rings. The number of anilines is 3. The van der Waals surface area contributed by atoms with Crippen molar-refractivity contribution in [1.29, 1.82) is 0 Å². The van der Waals surface area contributed by atoms with Crippen LogP contribution in [0.2, 0.25) is 0 Å². The summed E-state index contributed by atoms with van der Waals surface area (Å²) < 4.78 is 1.08. The van der Waals surface area contributed by atoms with Crippen LogP contribution in [0.5, 0.6) is 5.75 Å². The van der Waals surface area contributed by atoms with Crippen LogP contribution in [0.15, 0.2) is 134 Å². The molecule has 244 valence electrons. The maximum Gasteiger partial charge on any atom is 0.137 e. The summed E-state index contributed by atoms with van der Waals surface area (Å²) in [4.78, 5) is 12.3. The molecule has 0 amide bonds. The van der Waals surface area contributed by atoms with Crippen LogP contribution in [0.1, 0.15) is 52.7 Å². The molecule has 0 aliphatic carbocycles. The van der Waals surface area contributed by atoms with Crippen molar-refractivity contribution < 1.29 is 5.11 Å². The van der Waals surface area contributed by atoms with Crippen molar-refractivity contribution >= 4 is 38.7 Å². The van der Waals surface area contributed by atoms with E-state index < -0.39 is 0 Å². The molecule has 5 aromatic carbocycles. The Balaban J connectivity index is 1.38. The summed E-state index contributed by atoms with van der Waals surface area (Å²) in [6.07, 6.45) is 1.84. The molecule has 7 rings (SSSR count). The standard InChI is InChI=1S/C44H41N3OS/c1-43(2,3)31-27-35(41(48)36(28-31)44(4,5)6)42-46-40-34(21-15-23-38(40)49-42)30-18-14-19-32(26-30)47(39-24-12-13-25-45-39)37-22-11-10-20-33(37)29-16-8-7-9-17-29/h7-28,48H,1-6H3. The fraction of sp³-hybridized carbons (Fsp3) is 0.182. The Labute approximate surface area is 293 Å². The fourth-order valence-corrected chi connectivity index (χ4v) is 7.33. The van der Waals surface area contributed by atoms with Gasteiger partial charge in [-0.15, -0.1) is 11.3 Å². The molecule has 7 aromatic rings. The third-order valence-electron chi connectivity index (χ3n) is 8.96. The predicted octanol–water partition coefficient (Wildman–Crippen LogP) is 12.5. The van der Waals surface area contributed by atoms with Gasteiger partial charge < -0.3 is 5.11 Å². The van der Waals surface area contributed by atoms with Gasteiger partial charge in [0, 0.05) is 28.6 Å². The van der Waals surface area contributed by atoms with E-state index in [9.17, 15) is 5.11 Å². The van der Waals surface area contributed by atoms with E-state index in [4.69, 9.17) is 9.97 Å². The highest BCUT2D eigenvalue weighted by Crippen LogP contribution is 2.46. The van der Waals surface area contributed by atoms with Crippen molar-refractivity contribution in [2.75, 3.05) is 4.90 Å². The summed E-state index contributed by atoms with van der Waals surface area (Å²) in [6, 6.07) is 44.2.